The Bertz CT molecular complexity index is 706. The molecule has 4 heteroatoms. The standard InChI is InChI=1S/C14H11ClN2O/c1-17-9-16-13-6-5-12(8-14(13)17)18-11-4-2-3-10(15)7-11/h2-9H,1H3. The van der Waals surface area contributed by atoms with Crippen LogP contribution in [0, 0.1) is 0 Å². The first-order chi connectivity index (χ1) is 8.72. The lowest BCUT2D eigenvalue weighted by atomic mass is 10.3. The number of aryl methyl sites for hydroxylation is 1. The van der Waals surface area contributed by atoms with Gasteiger partial charge in [-0.3, -0.25) is 0 Å². The number of hydrogen-bond donors (Lipinski definition) is 0. The molecular formula is C14H11ClN2O. The summed E-state index contributed by atoms with van der Waals surface area (Å²) in [5, 5.41) is 0.661. The van der Waals surface area contributed by atoms with Gasteiger partial charge in [0.1, 0.15) is 11.5 Å². The number of aromatic nitrogens is 2. The molecule has 3 rings (SSSR count). The molecule has 3 nitrogen and oxygen atoms in total. The Morgan fingerprint density at radius 1 is 1.11 bits per heavy atom. The van der Waals surface area contributed by atoms with Crippen molar-refractivity contribution in [1.29, 1.82) is 0 Å². The number of nitrogens with zero attached hydrogens (tertiary/aromatic N) is 2. The largest absolute Gasteiger partial charge is 0.457 e. The van der Waals surface area contributed by atoms with Gasteiger partial charge in [0.05, 0.1) is 17.4 Å². The van der Waals surface area contributed by atoms with Crippen LogP contribution in [-0.2, 0) is 7.05 Å². The van der Waals surface area contributed by atoms with Crippen molar-refractivity contribution in [1.82, 2.24) is 9.55 Å². The maximum Gasteiger partial charge on any atom is 0.129 e. The van der Waals surface area contributed by atoms with Gasteiger partial charge in [0.2, 0.25) is 0 Å². The molecule has 1 aromatic heterocycles. The van der Waals surface area contributed by atoms with Crippen molar-refractivity contribution in [3.05, 3.63) is 53.8 Å². The maximum atomic E-state index is 5.92. The van der Waals surface area contributed by atoms with Crippen LogP contribution in [0.4, 0.5) is 0 Å². The Balaban J connectivity index is 1.97. The summed E-state index contributed by atoms with van der Waals surface area (Å²) < 4.78 is 7.72. The van der Waals surface area contributed by atoms with E-state index in [0.717, 1.165) is 22.5 Å². The van der Waals surface area contributed by atoms with Gasteiger partial charge >= 0.3 is 0 Å². The van der Waals surface area contributed by atoms with Gasteiger partial charge in [0, 0.05) is 18.1 Å². The van der Waals surface area contributed by atoms with Crippen molar-refractivity contribution in [2.24, 2.45) is 7.05 Å². The van der Waals surface area contributed by atoms with E-state index in [4.69, 9.17) is 16.3 Å². The van der Waals surface area contributed by atoms with Crippen LogP contribution >= 0.6 is 11.6 Å². The average Bonchev–Trinajstić information content (AvgIpc) is 2.71. The minimum atomic E-state index is 0.661. The van der Waals surface area contributed by atoms with Gasteiger partial charge in [-0.2, -0.15) is 0 Å². The molecule has 0 saturated heterocycles. The molecule has 0 aliphatic carbocycles. The van der Waals surface area contributed by atoms with Crippen molar-refractivity contribution >= 4 is 22.6 Å². The van der Waals surface area contributed by atoms with E-state index in [-0.39, 0.29) is 0 Å². The highest BCUT2D eigenvalue weighted by Gasteiger charge is 2.03. The van der Waals surface area contributed by atoms with E-state index < -0.39 is 0 Å². The van der Waals surface area contributed by atoms with Crippen LogP contribution in [-0.4, -0.2) is 9.55 Å². The summed E-state index contributed by atoms with van der Waals surface area (Å²) in [6.07, 6.45) is 1.79. The molecule has 0 N–H and O–H groups in total. The number of benzene rings is 2. The first-order valence-corrected chi connectivity index (χ1v) is 5.95. The second-order valence-electron chi connectivity index (χ2n) is 4.07. The van der Waals surface area contributed by atoms with Crippen molar-refractivity contribution < 1.29 is 4.74 Å². The molecule has 2 aromatic carbocycles. The first kappa shape index (κ1) is 11.1. The van der Waals surface area contributed by atoms with Crippen LogP contribution in [0.5, 0.6) is 11.5 Å². The molecule has 0 amide bonds. The SMILES string of the molecule is Cn1cnc2ccc(Oc3cccc(Cl)c3)cc21. The van der Waals surface area contributed by atoms with Crippen molar-refractivity contribution in [3.63, 3.8) is 0 Å². The molecule has 0 fully saturated rings. The Labute approximate surface area is 110 Å². The first-order valence-electron chi connectivity index (χ1n) is 5.57. The van der Waals surface area contributed by atoms with E-state index >= 15 is 0 Å². The molecule has 0 saturated carbocycles. The predicted octanol–water partition coefficient (Wildman–Crippen LogP) is 4.02. The Kier molecular flexibility index (Phi) is 2.68. The molecule has 1 heterocycles. The molecule has 3 aromatic rings. The van der Waals surface area contributed by atoms with Gasteiger partial charge in [0.25, 0.3) is 0 Å². The number of hydrogen-bond acceptors (Lipinski definition) is 2. The van der Waals surface area contributed by atoms with Crippen LogP contribution in [0.25, 0.3) is 11.0 Å². The monoisotopic (exact) mass is 258 g/mol. The Morgan fingerprint density at radius 3 is 2.78 bits per heavy atom. The van der Waals surface area contributed by atoms with Gasteiger partial charge in [-0.15, -0.1) is 0 Å². The van der Waals surface area contributed by atoms with E-state index in [2.05, 4.69) is 4.98 Å². The quantitative estimate of drug-likeness (QED) is 0.694. The highest BCUT2D eigenvalue weighted by Crippen LogP contribution is 2.26. The lowest BCUT2D eigenvalue weighted by Gasteiger charge is -2.06. The predicted molar refractivity (Wildman–Crippen MR) is 72.2 cm³/mol. The molecule has 0 spiro atoms. The van der Waals surface area contributed by atoms with Gasteiger partial charge in [-0.25, -0.2) is 4.98 Å². The van der Waals surface area contributed by atoms with Gasteiger partial charge in [0.15, 0.2) is 0 Å². The summed E-state index contributed by atoms with van der Waals surface area (Å²) in [7, 11) is 1.96. The van der Waals surface area contributed by atoms with Crippen LogP contribution < -0.4 is 4.74 Å². The van der Waals surface area contributed by atoms with Crippen LogP contribution in [0.3, 0.4) is 0 Å². The summed E-state index contributed by atoms with van der Waals surface area (Å²) >= 11 is 5.92. The third-order valence-electron chi connectivity index (χ3n) is 2.73. The Morgan fingerprint density at radius 2 is 1.94 bits per heavy atom. The molecular weight excluding hydrogens is 248 g/mol. The topological polar surface area (TPSA) is 27.1 Å². The molecule has 0 aliphatic rings. The second-order valence-corrected chi connectivity index (χ2v) is 4.50. The lowest BCUT2D eigenvalue weighted by molar-refractivity contribution is 0.483. The van der Waals surface area contributed by atoms with Gasteiger partial charge < -0.3 is 9.30 Å². The fourth-order valence-electron chi connectivity index (χ4n) is 1.84. The number of ether oxygens (including phenoxy) is 1. The van der Waals surface area contributed by atoms with Crippen molar-refractivity contribution in [3.8, 4) is 11.5 Å². The van der Waals surface area contributed by atoms with Crippen LogP contribution in [0.1, 0.15) is 0 Å². The smallest absolute Gasteiger partial charge is 0.129 e. The highest BCUT2D eigenvalue weighted by molar-refractivity contribution is 6.30. The van der Waals surface area contributed by atoms with E-state index in [0.29, 0.717) is 5.02 Å². The number of halogens is 1. The molecule has 0 radical (unpaired) electrons. The summed E-state index contributed by atoms with van der Waals surface area (Å²) in [6, 6.07) is 13.1. The van der Waals surface area contributed by atoms with Crippen molar-refractivity contribution in [2.45, 2.75) is 0 Å². The van der Waals surface area contributed by atoms with Crippen molar-refractivity contribution in [2.75, 3.05) is 0 Å². The highest BCUT2D eigenvalue weighted by atomic mass is 35.5. The summed E-state index contributed by atoms with van der Waals surface area (Å²) in [5.74, 6) is 1.50. The minimum absolute atomic E-state index is 0.661. The Hall–Kier alpha value is -2.00. The maximum absolute atomic E-state index is 5.92. The molecule has 0 unspecified atom stereocenters. The normalized spacial score (nSPS) is 10.8. The number of rotatable bonds is 2. The van der Waals surface area contributed by atoms with Gasteiger partial charge in [-0.1, -0.05) is 17.7 Å². The van der Waals surface area contributed by atoms with E-state index in [9.17, 15) is 0 Å². The fourth-order valence-corrected chi connectivity index (χ4v) is 2.02. The summed E-state index contributed by atoms with van der Waals surface area (Å²) in [6.45, 7) is 0. The lowest BCUT2D eigenvalue weighted by Crippen LogP contribution is -1.87. The third-order valence-corrected chi connectivity index (χ3v) is 2.96. The van der Waals surface area contributed by atoms with Crippen LogP contribution in [0.2, 0.25) is 5.02 Å². The van der Waals surface area contributed by atoms with E-state index in [1.54, 1.807) is 12.4 Å². The summed E-state index contributed by atoms with van der Waals surface area (Å²) in [4.78, 5) is 4.27. The zero-order chi connectivity index (χ0) is 12.5. The number of fused-ring (bicyclic) bond motifs is 1. The van der Waals surface area contributed by atoms with E-state index in [1.807, 2.05) is 48.0 Å². The van der Waals surface area contributed by atoms with Gasteiger partial charge in [-0.05, 0) is 30.3 Å². The molecule has 90 valence electrons. The minimum Gasteiger partial charge on any atom is -0.457 e. The summed E-state index contributed by atoms with van der Waals surface area (Å²) in [5.41, 5.74) is 1.99. The molecule has 0 aliphatic heterocycles. The molecule has 18 heavy (non-hydrogen) atoms. The zero-order valence-electron chi connectivity index (χ0n) is 9.80. The fraction of sp³-hybridized carbons (Fsp3) is 0.0714. The average molecular weight is 259 g/mol. The molecule has 0 atom stereocenters. The third kappa shape index (κ3) is 2.05. The van der Waals surface area contributed by atoms with Crippen LogP contribution in [0.15, 0.2) is 48.8 Å². The number of imidazole rings is 1. The molecule has 0 bridgehead atoms. The second kappa shape index (κ2) is 4.35. The van der Waals surface area contributed by atoms with E-state index in [1.165, 1.54) is 0 Å². The zero-order valence-corrected chi connectivity index (χ0v) is 10.6.